The Hall–Kier alpha value is -0.0400. The summed E-state index contributed by atoms with van der Waals surface area (Å²) in [6.45, 7) is 6.09. The maximum absolute atomic E-state index is 2.78. The second-order valence-electron chi connectivity index (χ2n) is 4.89. The summed E-state index contributed by atoms with van der Waals surface area (Å²) in [5, 5.41) is 0. The highest BCUT2D eigenvalue weighted by Crippen LogP contribution is 2.34. The molecule has 1 heteroatoms. The van der Waals surface area contributed by atoms with Crippen molar-refractivity contribution >= 4 is 0 Å². The highest BCUT2D eigenvalue weighted by molar-refractivity contribution is 4.91. The van der Waals surface area contributed by atoms with Gasteiger partial charge < -0.3 is 0 Å². The van der Waals surface area contributed by atoms with Gasteiger partial charge in [-0.3, -0.25) is 4.90 Å². The lowest BCUT2D eigenvalue weighted by Crippen LogP contribution is -2.32. The van der Waals surface area contributed by atoms with Crippen LogP contribution in [0.1, 0.15) is 46.0 Å². The Morgan fingerprint density at radius 3 is 2.83 bits per heavy atom. The lowest BCUT2D eigenvalue weighted by Gasteiger charge is -2.24. The van der Waals surface area contributed by atoms with Crippen LogP contribution in [0.25, 0.3) is 0 Å². The van der Waals surface area contributed by atoms with Gasteiger partial charge in [-0.2, -0.15) is 0 Å². The van der Waals surface area contributed by atoms with Crippen molar-refractivity contribution in [3.8, 4) is 0 Å². The molecule has 0 aromatic rings. The highest BCUT2D eigenvalue weighted by Gasteiger charge is 2.36. The monoisotopic (exact) mass is 167 g/mol. The summed E-state index contributed by atoms with van der Waals surface area (Å²) in [5.74, 6) is 0.884. The molecule has 0 aromatic carbocycles. The molecule has 0 aliphatic carbocycles. The molecule has 0 aromatic heterocycles. The predicted octanol–water partition coefficient (Wildman–Crippen LogP) is 2.66. The maximum Gasteiger partial charge on any atom is 0.0101 e. The molecule has 0 amide bonds. The zero-order valence-corrected chi connectivity index (χ0v) is 8.42. The van der Waals surface area contributed by atoms with Gasteiger partial charge in [0.1, 0.15) is 0 Å². The Morgan fingerprint density at radius 1 is 1.25 bits per heavy atom. The molecule has 0 N–H and O–H groups in total. The van der Waals surface area contributed by atoms with Crippen LogP contribution in [0, 0.1) is 5.92 Å². The van der Waals surface area contributed by atoms with E-state index in [1.807, 2.05) is 0 Å². The first-order valence-electron chi connectivity index (χ1n) is 5.53. The van der Waals surface area contributed by atoms with Gasteiger partial charge in [-0.25, -0.2) is 0 Å². The number of rotatable bonds is 2. The van der Waals surface area contributed by atoms with E-state index in [0.717, 1.165) is 18.0 Å². The molecule has 1 nitrogen and oxygen atoms in total. The van der Waals surface area contributed by atoms with Crippen molar-refractivity contribution in [3.05, 3.63) is 0 Å². The summed E-state index contributed by atoms with van der Waals surface area (Å²) in [4.78, 5) is 2.78. The second kappa shape index (κ2) is 3.37. The number of hydrogen-bond acceptors (Lipinski definition) is 1. The van der Waals surface area contributed by atoms with Gasteiger partial charge >= 0.3 is 0 Å². The third-order valence-corrected chi connectivity index (χ3v) is 3.47. The van der Waals surface area contributed by atoms with E-state index in [1.54, 1.807) is 0 Å². The SMILES string of the molecule is CC(C)C[C@@H]1CC[C@H]2CCCN21. The van der Waals surface area contributed by atoms with Gasteiger partial charge in [-0.05, 0) is 44.6 Å². The number of hydrogen-bond donors (Lipinski definition) is 0. The fraction of sp³-hybridized carbons (Fsp3) is 1.00. The van der Waals surface area contributed by atoms with Crippen molar-refractivity contribution in [2.24, 2.45) is 5.92 Å². The van der Waals surface area contributed by atoms with Gasteiger partial charge in [0.05, 0.1) is 0 Å². The van der Waals surface area contributed by atoms with Crippen LogP contribution in [-0.2, 0) is 0 Å². The average molecular weight is 167 g/mol. The first-order chi connectivity index (χ1) is 5.77. The van der Waals surface area contributed by atoms with E-state index in [9.17, 15) is 0 Å². The Bertz CT molecular complexity index is 153. The van der Waals surface area contributed by atoms with Gasteiger partial charge in [-0.1, -0.05) is 13.8 Å². The first-order valence-corrected chi connectivity index (χ1v) is 5.53. The summed E-state index contributed by atoms with van der Waals surface area (Å²) in [7, 11) is 0. The molecule has 70 valence electrons. The number of fused-ring (bicyclic) bond motifs is 1. The molecule has 2 atom stereocenters. The molecule has 0 bridgehead atoms. The van der Waals surface area contributed by atoms with Crippen LogP contribution in [0.3, 0.4) is 0 Å². The van der Waals surface area contributed by atoms with E-state index in [4.69, 9.17) is 0 Å². The molecular formula is C11H21N. The summed E-state index contributed by atoms with van der Waals surface area (Å²) in [5.41, 5.74) is 0. The van der Waals surface area contributed by atoms with Crippen LogP contribution in [0.4, 0.5) is 0 Å². The lowest BCUT2D eigenvalue weighted by molar-refractivity contribution is 0.219. The van der Waals surface area contributed by atoms with E-state index >= 15 is 0 Å². The van der Waals surface area contributed by atoms with E-state index in [-0.39, 0.29) is 0 Å². The maximum atomic E-state index is 2.78. The van der Waals surface area contributed by atoms with Crippen molar-refractivity contribution in [3.63, 3.8) is 0 Å². The van der Waals surface area contributed by atoms with Crippen LogP contribution in [-0.4, -0.2) is 23.5 Å². The minimum Gasteiger partial charge on any atom is -0.297 e. The van der Waals surface area contributed by atoms with Crippen molar-refractivity contribution in [2.75, 3.05) is 6.54 Å². The second-order valence-corrected chi connectivity index (χ2v) is 4.89. The van der Waals surface area contributed by atoms with Crippen LogP contribution < -0.4 is 0 Å². The molecule has 0 unspecified atom stereocenters. The Morgan fingerprint density at radius 2 is 2.08 bits per heavy atom. The first kappa shape index (κ1) is 8.55. The normalized spacial score (nSPS) is 36.2. The molecule has 2 heterocycles. The molecule has 0 spiro atoms. The Labute approximate surface area is 76.1 Å². The predicted molar refractivity (Wildman–Crippen MR) is 52.2 cm³/mol. The van der Waals surface area contributed by atoms with Crippen molar-refractivity contribution in [1.29, 1.82) is 0 Å². The fourth-order valence-corrected chi connectivity index (χ4v) is 3.00. The summed E-state index contributed by atoms with van der Waals surface area (Å²) in [6, 6.07) is 1.92. The van der Waals surface area contributed by atoms with Crippen molar-refractivity contribution in [1.82, 2.24) is 4.90 Å². The van der Waals surface area contributed by atoms with E-state index in [2.05, 4.69) is 18.7 Å². The molecule has 0 radical (unpaired) electrons. The molecule has 12 heavy (non-hydrogen) atoms. The molecule has 2 fully saturated rings. The van der Waals surface area contributed by atoms with E-state index < -0.39 is 0 Å². The van der Waals surface area contributed by atoms with Crippen molar-refractivity contribution in [2.45, 2.75) is 58.0 Å². The van der Waals surface area contributed by atoms with Crippen molar-refractivity contribution < 1.29 is 0 Å². The third-order valence-electron chi connectivity index (χ3n) is 3.47. The highest BCUT2D eigenvalue weighted by atomic mass is 15.2. The van der Waals surface area contributed by atoms with Crippen LogP contribution in [0.2, 0.25) is 0 Å². The van der Waals surface area contributed by atoms with E-state index in [1.165, 1.54) is 38.6 Å². The summed E-state index contributed by atoms with van der Waals surface area (Å²) in [6.07, 6.45) is 7.32. The summed E-state index contributed by atoms with van der Waals surface area (Å²) >= 11 is 0. The topological polar surface area (TPSA) is 3.24 Å². The summed E-state index contributed by atoms with van der Waals surface area (Å²) < 4.78 is 0. The van der Waals surface area contributed by atoms with Gasteiger partial charge in [0.15, 0.2) is 0 Å². The van der Waals surface area contributed by atoms with Crippen LogP contribution in [0.15, 0.2) is 0 Å². The quantitative estimate of drug-likeness (QED) is 0.611. The van der Waals surface area contributed by atoms with Gasteiger partial charge in [0.25, 0.3) is 0 Å². The molecule has 2 aliphatic rings. The molecule has 0 saturated carbocycles. The van der Waals surface area contributed by atoms with Gasteiger partial charge in [-0.15, -0.1) is 0 Å². The standard InChI is InChI=1S/C11H21N/c1-9(2)8-11-6-5-10-4-3-7-12(10)11/h9-11H,3-8H2,1-2H3/t10-,11+/m1/s1. The fourth-order valence-electron chi connectivity index (χ4n) is 3.00. The van der Waals surface area contributed by atoms with E-state index in [0.29, 0.717) is 0 Å². The molecular weight excluding hydrogens is 146 g/mol. The number of nitrogens with zero attached hydrogens (tertiary/aromatic N) is 1. The van der Waals surface area contributed by atoms with Crippen LogP contribution >= 0.6 is 0 Å². The minimum atomic E-state index is 0.884. The molecule has 2 aliphatic heterocycles. The third kappa shape index (κ3) is 1.52. The zero-order chi connectivity index (χ0) is 8.55. The average Bonchev–Trinajstić information content (AvgIpc) is 2.52. The van der Waals surface area contributed by atoms with Crippen LogP contribution in [0.5, 0.6) is 0 Å². The zero-order valence-electron chi connectivity index (χ0n) is 8.42. The Kier molecular flexibility index (Phi) is 2.40. The smallest absolute Gasteiger partial charge is 0.0101 e. The molecule has 2 rings (SSSR count). The lowest BCUT2D eigenvalue weighted by atomic mass is 10.0. The minimum absolute atomic E-state index is 0.884. The van der Waals surface area contributed by atoms with Gasteiger partial charge in [0.2, 0.25) is 0 Å². The van der Waals surface area contributed by atoms with Gasteiger partial charge in [0, 0.05) is 12.1 Å². The largest absolute Gasteiger partial charge is 0.297 e. The Balaban J connectivity index is 1.91. The molecule has 2 saturated heterocycles.